The third kappa shape index (κ3) is 4.26. The van der Waals surface area contributed by atoms with E-state index in [1.165, 1.54) is 36.0 Å². The van der Waals surface area contributed by atoms with Gasteiger partial charge in [0.25, 0.3) is 0 Å². The Balaban J connectivity index is 1.94. The Hall–Kier alpha value is -0.470. The summed E-state index contributed by atoms with van der Waals surface area (Å²) in [5.74, 6) is 2.77. The number of benzene rings is 1. The lowest BCUT2D eigenvalue weighted by atomic mass is 9.79. The molecule has 1 aliphatic carbocycles. The van der Waals surface area contributed by atoms with Gasteiger partial charge < -0.3 is 5.73 Å². The number of nitrogens with two attached hydrogens (primary N) is 1. The van der Waals surface area contributed by atoms with Crippen LogP contribution in [0.5, 0.6) is 0 Å². The number of thioether (sulfide) groups is 1. The molecule has 0 aliphatic heterocycles. The van der Waals surface area contributed by atoms with E-state index in [1.54, 1.807) is 0 Å². The van der Waals surface area contributed by atoms with Crippen LogP contribution in [-0.2, 0) is 5.75 Å². The topological polar surface area (TPSA) is 26.0 Å². The monoisotopic (exact) mass is 291 g/mol. The first-order valence-corrected chi connectivity index (χ1v) is 8.95. The molecule has 1 fully saturated rings. The molecule has 1 saturated carbocycles. The van der Waals surface area contributed by atoms with E-state index in [4.69, 9.17) is 5.73 Å². The lowest BCUT2D eigenvalue weighted by molar-refractivity contribution is 0.266. The highest BCUT2D eigenvalue weighted by atomic mass is 32.2. The molecule has 0 spiro atoms. The zero-order valence-electron chi connectivity index (χ0n) is 13.4. The minimum Gasteiger partial charge on any atom is -0.327 e. The van der Waals surface area contributed by atoms with E-state index in [0.29, 0.717) is 11.3 Å². The largest absolute Gasteiger partial charge is 0.327 e. The molecule has 0 saturated heterocycles. The Bertz CT molecular complexity index is 421. The minimum absolute atomic E-state index is 0.390. The molecule has 112 valence electrons. The van der Waals surface area contributed by atoms with E-state index >= 15 is 0 Å². The number of hydrogen-bond acceptors (Lipinski definition) is 2. The van der Waals surface area contributed by atoms with Crippen LogP contribution in [0.3, 0.4) is 0 Å². The summed E-state index contributed by atoms with van der Waals surface area (Å²) >= 11 is 2.07. The van der Waals surface area contributed by atoms with Crippen molar-refractivity contribution in [3.05, 3.63) is 34.9 Å². The second-order valence-corrected chi connectivity index (χ2v) is 8.05. The average molecular weight is 292 g/mol. The first kappa shape index (κ1) is 15.9. The molecule has 1 aromatic rings. The fourth-order valence-corrected chi connectivity index (χ4v) is 4.68. The summed E-state index contributed by atoms with van der Waals surface area (Å²) in [4.78, 5) is 0. The fraction of sp³-hybridized carbons (Fsp3) is 0.667. The molecular formula is C18H29NS. The van der Waals surface area contributed by atoms with Crippen LogP contribution in [0.15, 0.2) is 18.2 Å². The molecule has 2 rings (SSSR count). The first-order chi connectivity index (χ1) is 9.45. The van der Waals surface area contributed by atoms with Crippen LogP contribution < -0.4 is 5.73 Å². The van der Waals surface area contributed by atoms with Crippen molar-refractivity contribution in [2.45, 2.75) is 64.0 Å². The van der Waals surface area contributed by atoms with Gasteiger partial charge in [-0.15, -0.1) is 0 Å². The molecule has 1 nitrogen and oxygen atoms in total. The van der Waals surface area contributed by atoms with Crippen LogP contribution in [0.25, 0.3) is 0 Å². The molecular weight excluding hydrogens is 262 g/mol. The summed E-state index contributed by atoms with van der Waals surface area (Å²) < 4.78 is 0. The van der Waals surface area contributed by atoms with Crippen molar-refractivity contribution in [1.82, 2.24) is 0 Å². The molecule has 0 radical (unpaired) electrons. The van der Waals surface area contributed by atoms with Gasteiger partial charge in [0.1, 0.15) is 0 Å². The molecule has 3 unspecified atom stereocenters. The Kier molecular flexibility index (Phi) is 5.57. The van der Waals surface area contributed by atoms with Crippen molar-refractivity contribution in [2.24, 2.45) is 17.6 Å². The van der Waals surface area contributed by atoms with Crippen LogP contribution in [0.4, 0.5) is 0 Å². The van der Waals surface area contributed by atoms with E-state index in [9.17, 15) is 0 Å². The average Bonchev–Trinajstić information content (AvgIpc) is 2.36. The summed E-state index contributed by atoms with van der Waals surface area (Å²) in [6, 6.07) is 7.26. The highest BCUT2D eigenvalue weighted by Gasteiger charge is 2.29. The van der Waals surface area contributed by atoms with Crippen LogP contribution in [0.2, 0.25) is 0 Å². The Morgan fingerprint density at radius 1 is 1.15 bits per heavy atom. The summed E-state index contributed by atoms with van der Waals surface area (Å²) in [5.41, 5.74) is 10.5. The molecule has 1 aromatic carbocycles. The summed E-state index contributed by atoms with van der Waals surface area (Å²) in [5, 5.41) is 0.636. The minimum atomic E-state index is 0.390. The van der Waals surface area contributed by atoms with Crippen LogP contribution in [0.1, 0.15) is 49.8 Å². The van der Waals surface area contributed by atoms with Crippen LogP contribution >= 0.6 is 11.8 Å². The normalized spacial score (nSPS) is 27.0. The van der Waals surface area contributed by atoms with Crippen molar-refractivity contribution in [3.63, 3.8) is 0 Å². The van der Waals surface area contributed by atoms with Crippen molar-refractivity contribution >= 4 is 11.8 Å². The predicted octanol–water partition coefficient (Wildman–Crippen LogP) is 4.69. The summed E-state index contributed by atoms with van der Waals surface area (Å²) in [7, 11) is 0. The Morgan fingerprint density at radius 3 is 2.40 bits per heavy atom. The number of rotatable bonds is 4. The van der Waals surface area contributed by atoms with E-state index in [-0.39, 0.29) is 0 Å². The molecule has 0 amide bonds. The molecule has 2 heteroatoms. The van der Waals surface area contributed by atoms with Gasteiger partial charge in [0, 0.05) is 17.0 Å². The first-order valence-electron chi connectivity index (χ1n) is 7.90. The Labute approximate surface area is 128 Å². The van der Waals surface area contributed by atoms with E-state index in [1.807, 2.05) is 0 Å². The maximum Gasteiger partial charge on any atom is 0.0205 e. The van der Waals surface area contributed by atoms with Gasteiger partial charge in [0.15, 0.2) is 0 Å². The molecule has 1 aliphatic rings. The van der Waals surface area contributed by atoms with Gasteiger partial charge in [-0.05, 0) is 50.5 Å². The van der Waals surface area contributed by atoms with E-state index in [0.717, 1.165) is 17.6 Å². The zero-order valence-corrected chi connectivity index (χ0v) is 14.2. The lowest BCUT2D eigenvalue weighted by Crippen LogP contribution is -2.39. The quantitative estimate of drug-likeness (QED) is 0.871. The smallest absolute Gasteiger partial charge is 0.0205 e. The van der Waals surface area contributed by atoms with Crippen molar-refractivity contribution in [1.29, 1.82) is 0 Å². The van der Waals surface area contributed by atoms with E-state index < -0.39 is 0 Å². The van der Waals surface area contributed by atoms with Gasteiger partial charge in [0.2, 0.25) is 0 Å². The highest BCUT2D eigenvalue weighted by Crippen LogP contribution is 2.36. The standard InChI is InChI=1S/C18H29NS/c1-12(2)16-5-6-17(19)18(10-16)20-11-15-8-13(3)7-14(4)9-15/h7-9,12,16-18H,5-6,10-11,19H2,1-4H3. The SMILES string of the molecule is Cc1cc(C)cc(CSC2CC(C(C)C)CCC2N)c1. The second-order valence-electron chi connectivity index (χ2n) is 6.83. The number of aryl methyl sites for hydroxylation is 2. The van der Waals surface area contributed by atoms with Crippen LogP contribution in [0, 0.1) is 25.7 Å². The fourth-order valence-electron chi connectivity index (χ4n) is 3.34. The Morgan fingerprint density at radius 2 is 1.80 bits per heavy atom. The zero-order chi connectivity index (χ0) is 14.7. The molecule has 2 N–H and O–H groups in total. The molecule has 20 heavy (non-hydrogen) atoms. The van der Waals surface area contributed by atoms with Gasteiger partial charge in [-0.25, -0.2) is 0 Å². The predicted molar refractivity (Wildman–Crippen MR) is 91.2 cm³/mol. The van der Waals surface area contributed by atoms with Gasteiger partial charge in [-0.1, -0.05) is 43.2 Å². The van der Waals surface area contributed by atoms with Crippen molar-refractivity contribution in [3.8, 4) is 0 Å². The summed E-state index contributed by atoms with van der Waals surface area (Å²) in [6.45, 7) is 9.07. The second kappa shape index (κ2) is 7.00. The third-order valence-electron chi connectivity index (χ3n) is 4.57. The third-order valence-corrected chi connectivity index (χ3v) is 6.04. The van der Waals surface area contributed by atoms with Crippen molar-refractivity contribution < 1.29 is 0 Å². The maximum absolute atomic E-state index is 6.34. The van der Waals surface area contributed by atoms with Gasteiger partial charge in [0.05, 0.1) is 0 Å². The lowest BCUT2D eigenvalue weighted by Gasteiger charge is -2.35. The van der Waals surface area contributed by atoms with Gasteiger partial charge >= 0.3 is 0 Å². The molecule has 0 bridgehead atoms. The highest BCUT2D eigenvalue weighted by molar-refractivity contribution is 7.99. The van der Waals surface area contributed by atoms with Crippen LogP contribution in [-0.4, -0.2) is 11.3 Å². The maximum atomic E-state index is 6.34. The van der Waals surface area contributed by atoms with Gasteiger partial charge in [-0.3, -0.25) is 0 Å². The van der Waals surface area contributed by atoms with Crippen molar-refractivity contribution in [2.75, 3.05) is 0 Å². The summed E-state index contributed by atoms with van der Waals surface area (Å²) in [6.07, 6.45) is 3.82. The molecule has 3 atom stereocenters. The molecule has 0 heterocycles. The van der Waals surface area contributed by atoms with E-state index in [2.05, 4.69) is 57.7 Å². The molecule has 0 aromatic heterocycles. The van der Waals surface area contributed by atoms with Gasteiger partial charge in [-0.2, -0.15) is 11.8 Å². The number of hydrogen-bond donors (Lipinski definition) is 1.